The summed E-state index contributed by atoms with van der Waals surface area (Å²) in [6, 6.07) is 12.5. The van der Waals surface area contributed by atoms with Crippen LogP contribution >= 0.6 is 0 Å². The number of nitro groups is 1. The number of nitrogens with zero attached hydrogens (tertiary/aromatic N) is 7. The lowest BCUT2D eigenvalue weighted by Gasteiger charge is -2.26. The van der Waals surface area contributed by atoms with Gasteiger partial charge >= 0.3 is 0 Å². The van der Waals surface area contributed by atoms with E-state index in [4.69, 9.17) is 15.5 Å². The van der Waals surface area contributed by atoms with Gasteiger partial charge in [0.05, 0.1) is 11.5 Å². The van der Waals surface area contributed by atoms with Gasteiger partial charge in [-0.25, -0.2) is 0 Å². The SMILES string of the molecule is N#CNC(=NCCCCOc1cccc(CN2CCCCC2)c1)NCCNc1ccc(N=[N+]=[N-])cc1[N+](=O)[O-]. The van der Waals surface area contributed by atoms with E-state index in [0.29, 0.717) is 37.9 Å². The van der Waals surface area contributed by atoms with Gasteiger partial charge in [-0.1, -0.05) is 29.7 Å². The highest BCUT2D eigenvalue weighted by molar-refractivity contribution is 5.81. The van der Waals surface area contributed by atoms with Crippen molar-refractivity contribution in [1.82, 2.24) is 15.5 Å². The molecule has 3 rings (SSSR count). The van der Waals surface area contributed by atoms with Crippen LogP contribution in [0.15, 0.2) is 52.6 Å². The van der Waals surface area contributed by atoms with Crippen LogP contribution < -0.4 is 20.7 Å². The van der Waals surface area contributed by atoms with Crippen LogP contribution in [0.5, 0.6) is 5.75 Å². The van der Waals surface area contributed by atoms with Gasteiger partial charge in [-0.05, 0) is 68.1 Å². The van der Waals surface area contributed by atoms with Gasteiger partial charge in [0, 0.05) is 42.8 Å². The molecule has 0 bridgehead atoms. The minimum absolute atomic E-state index is 0.160. The zero-order valence-electron chi connectivity index (χ0n) is 21.9. The van der Waals surface area contributed by atoms with Gasteiger partial charge in [0.2, 0.25) is 5.96 Å². The predicted octanol–water partition coefficient (Wildman–Crippen LogP) is 4.81. The van der Waals surface area contributed by atoms with Crippen LogP contribution in [0.3, 0.4) is 0 Å². The Labute approximate surface area is 227 Å². The van der Waals surface area contributed by atoms with Crippen molar-refractivity contribution in [3.8, 4) is 11.9 Å². The summed E-state index contributed by atoms with van der Waals surface area (Å²) in [7, 11) is 0. The van der Waals surface area contributed by atoms with E-state index in [0.717, 1.165) is 38.2 Å². The third kappa shape index (κ3) is 10.4. The van der Waals surface area contributed by atoms with Gasteiger partial charge in [0.1, 0.15) is 11.4 Å². The molecule has 206 valence electrons. The second kappa shape index (κ2) is 16.3. The maximum Gasteiger partial charge on any atom is 0.292 e. The number of nitrogens with one attached hydrogen (secondary N) is 3. The average Bonchev–Trinajstić information content (AvgIpc) is 2.94. The topological polar surface area (TPSA) is 177 Å². The fraction of sp³-hybridized carbons (Fsp3) is 0.462. The van der Waals surface area contributed by atoms with Crippen molar-refractivity contribution in [2.45, 2.75) is 38.6 Å². The smallest absolute Gasteiger partial charge is 0.292 e. The molecule has 1 saturated heterocycles. The number of azide groups is 1. The number of benzene rings is 2. The number of rotatable bonds is 14. The van der Waals surface area contributed by atoms with Crippen molar-refractivity contribution in [2.24, 2.45) is 10.1 Å². The molecular weight excluding hydrogens is 500 g/mol. The number of nitriles is 1. The number of anilines is 1. The molecule has 39 heavy (non-hydrogen) atoms. The molecule has 1 fully saturated rings. The number of piperidine rings is 1. The Morgan fingerprint density at radius 2 is 2.03 bits per heavy atom. The van der Waals surface area contributed by atoms with Crippen molar-refractivity contribution in [2.75, 3.05) is 44.6 Å². The fourth-order valence-electron chi connectivity index (χ4n) is 4.21. The van der Waals surface area contributed by atoms with E-state index >= 15 is 0 Å². The van der Waals surface area contributed by atoms with Crippen LogP contribution in [0.2, 0.25) is 0 Å². The first kappa shape index (κ1) is 29.0. The highest BCUT2D eigenvalue weighted by Gasteiger charge is 2.14. The van der Waals surface area contributed by atoms with Gasteiger partial charge < -0.3 is 15.4 Å². The molecule has 0 spiro atoms. The lowest BCUT2D eigenvalue weighted by molar-refractivity contribution is -0.383. The number of likely N-dealkylation sites (tertiary alicyclic amines) is 1. The first-order chi connectivity index (χ1) is 19.1. The average molecular weight is 535 g/mol. The zero-order chi connectivity index (χ0) is 27.7. The molecule has 0 aromatic heterocycles. The van der Waals surface area contributed by atoms with E-state index < -0.39 is 4.92 Å². The maximum atomic E-state index is 11.3. The van der Waals surface area contributed by atoms with Crippen molar-refractivity contribution in [1.29, 1.82) is 5.26 Å². The molecule has 2 aromatic carbocycles. The third-order valence-corrected chi connectivity index (χ3v) is 6.09. The Kier molecular flexibility index (Phi) is 12.2. The third-order valence-electron chi connectivity index (χ3n) is 6.09. The van der Waals surface area contributed by atoms with E-state index in [1.54, 1.807) is 0 Å². The molecule has 1 aliphatic rings. The first-order valence-electron chi connectivity index (χ1n) is 13.0. The van der Waals surface area contributed by atoms with Crippen LogP contribution in [0, 0.1) is 21.6 Å². The van der Waals surface area contributed by atoms with E-state index in [1.165, 1.54) is 43.0 Å². The van der Waals surface area contributed by atoms with E-state index in [2.05, 4.69) is 48.0 Å². The molecule has 13 nitrogen and oxygen atoms in total. The zero-order valence-corrected chi connectivity index (χ0v) is 21.9. The van der Waals surface area contributed by atoms with Crippen LogP contribution in [-0.2, 0) is 6.54 Å². The molecule has 13 heteroatoms. The second-order valence-corrected chi connectivity index (χ2v) is 9.01. The highest BCUT2D eigenvalue weighted by atomic mass is 16.6. The summed E-state index contributed by atoms with van der Waals surface area (Å²) in [6.07, 6.45) is 7.34. The lowest BCUT2D eigenvalue weighted by atomic mass is 10.1. The molecular formula is C26H34N10O3. The van der Waals surface area contributed by atoms with Gasteiger partial charge in [0.25, 0.3) is 5.69 Å². The molecule has 0 aliphatic carbocycles. The Balaban J connectivity index is 1.36. The molecule has 1 heterocycles. The molecule has 0 radical (unpaired) electrons. The number of ether oxygens (including phenoxy) is 1. The van der Waals surface area contributed by atoms with Gasteiger partial charge in [-0.2, -0.15) is 5.26 Å². The number of aliphatic imine (C=N–C) groups is 1. The van der Waals surface area contributed by atoms with Crippen LogP contribution in [-0.4, -0.2) is 55.1 Å². The molecule has 0 saturated carbocycles. The van der Waals surface area contributed by atoms with Crippen molar-refractivity contribution >= 4 is 23.0 Å². The Morgan fingerprint density at radius 1 is 1.18 bits per heavy atom. The van der Waals surface area contributed by atoms with E-state index in [9.17, 15) is 10.1 Å². The molecule has 2 aromatic rings. The van der Waals surface area contributed by atoms with E-state index in [1.807, 2.05) is 18.3 Å². The quantitative estimate of drug-likeness (QED) is 0.0295. The van der Waals surface area contributed by atoms with Crippen LogP contribution in [0.25, 0.3) is 10.4 Å². The largest absolute Gasteiger partial charge is 0.494 e. The van der Waals surface area contributed by atoms with Crippen molar-refractivity contribution < 1.29 is 9.66 Å². The summed E-state index contributed by atoms with van der Waals surface area (Å²) in [5.41, 5.74) is 10.0. The molecule has 0 amide bonds. The number of nitro benzene ring substituents is 1. The van der Waals surface area contributed by atoms with Crippen LogP contribution in [0.1, 0.15) is 37.7 Å². The number of unbranched alkanes of at least 4 members (excludes halogenated alkanes) is 1. The highest BCUT2D eigenvalue weighted by Crippen LogP contribution is 2.29. The minimum atomic E-state index is -0.549. The summed E-state index contributed by atoms with van der Waals surface area (Å²) < 4.78 is 5.93. The lowest BCUT2D eigenvalue weighted by Crippen LogP contribution is -2.37. The minimum Gasteiger partial charge on any atom is -0.494 e. The second-order valence-electron chi connectivity index (χ2n) is 9.01. The summed E-state index contributed by atoms with van der Waals surface area (Å²) in [5, 5.41) is 32.2. The standard InChI is InChI=1S/C26H34N10O3/c27-20-32-26(31-13-12-29-24-10-9-22(33-34-28)18-25(24)36(37)38)30-11-2-5-16-39-23-8-6-7-21(17-23)19-35-14-3-1-4-15-35/h6-10,17-18,29H,1-5,11-16,19H2,(H2,30,31,32). The normalized spacial score (nSPS) is 13.6. The van der Waals surface area contributed by atoms with Gasteiger partial charge in [-0.3, -0.25) is 25.3 Å². The summed E-state index contributed by atoms with van der Waals surface area (Å²) >= 11 is 0. The van der Waals surface area contributed by atoms with Crippen LogP contribution in [0.4, 0.5) is 17.1 Å². The number of hydrogen-bond acceptors (Lipinski definition) is 8. The molecule has 0 unspecified atom stereocenters. The fourth-order valence-corrected chi connectivity index (χ4v) is 4.21. The summed E-state index contributed by atoms with van der Waals surface area (Å²) in [6.45, 7) is 5.07. The molecule has 0 atom stereocenters. The summed E-state index contributed by atoms with van der Waals surface area (Å²) in [5.74, 6) is 1.21. The molecule has 1 aliphatic heterocycles. The van der Waals surface area contributed by atoms with E-state index in [-0.39, 0.29) is 11.4 Å². The first-order valence-corrected chi connectivity index (χ1v) is 13.0. The Hall–Kier alpha value is -4.53. The van der Waals surface area contributed by atoms with Crippen molar-refractivity contribution in [3.63, 3.8) is 0 Å². The van der Waals surface area contributed by atoms with Gasteiger partial charge in [-0.15, -0.1) is 0 Å². The predicted molar refractivity (Wildman–Crippen MR) is 150 cm³/mol. The molecule has 3 N–H and O–H groups in total. The van der Waals surface area contributed by atoms with Gasteiger partial charge in [0.15, 0.2) is 6.19 Å². The summed E-state index contributed by atoms with van der Waals surface area (Å²) in [4.78, 5) is 20.3. The Morgan fingerprint density at radius 3 is 2.79 bits per heavy atom. The monoisotopic (exact) mass is 534 g/mol. The maximum absolute atomic E-state index is 11.3. The van der Waals surface area contributed by atoms with Crippen molar-refractivity contribution in [3.05, 3.63) is 68.6 Å². The number of hydrogen-bond donors (Lipinski definition) is 3. The Bertz CT molecular complexity index is 1200. The number of guanidine groups is 1.